The highest BCUT2D eigenvalue weighted by molar-refractivity contribution is 6.32. The molecular weight excluding hydrogens is 391 g/mol. The van der Waals surface area contributed by atoms with Gasteiger partial charge in [-0.3, -0.25) is 4.79 Å². The van der Waals surface area contributed by atoms with Crippen LogP contribution in [0.4, 0.5) is 4.39 Å². The van der Waals surface area contributed by atoms with Crippen molar-refractivity contribution in [3.63, 3.8) is 0 Å². The van der Waals surface area contributed by atoms with Gasteiger partial charge in [0.1, 0.15) is 11.5 Å². The van der Waals surface area contributed by atoms with E-state index in [0.717, 1.165) is 13.0 Å². The molecule has 0 heterocycles. The van der Waals surface area contributed by atoms with Crippen LogP contribution in [0, 0.1) is 5.82 Å². The number of para-hydroxylation sites is 1. The van der Waals surface area contributed by atoms with Gasteiger partial charge in [0.2, 0.25) is 0 Å². The molecule has 0 aliphatic heterocycles. The van der Waals surface area contributed by atoms with Crippen LogP contribution in [0.5, 0.6) is 11.5 Å². The van der Waals surface area contributed by atoms with E-state index in [9.17, 15) is 4.79 Å². The zero-order valence-electron chi connectivity index (χ0n) is 17.3. The summed E-state index contributed by atoms with van der Waals surface area (Å²) >= 11 is 6.20. The summed E-state index contributed by atoms with van der Waals surface area (Å²) < 4.78 is 21.0. The minimum Gasteiger partial charge on any atom is -0.453 e. The summed E-state index contributed by atoms with van der Waals surface area (Å²) in [6.45, 7) is 4.75. The Morgan fingerprint density at radius 3 is 2.59 bits per heavy atom. The molecule has 0 saturated heterocycles. The van der Waals surface area contributed by atoms with Crippen molar-refractivity contribution in [2.75, 3.05) is 13.6 Å². The molecule has 2 atom stereocenters. The number of benzene rings is 2. The molecule has 6 heteroatoms. The Balaban J connectivity index is 2.10. The molecule has 0 radical (unpaired) electrons. The summed E-state index contributed by atoms with van der Waals surface area (Å²) in [6, 6.07) is 12.0. The SMILES string of the molecule is CC[C@@H](N[C@@H](C)CC(=O)CCCNC)c1ccc(Cl)c(Oc2ccccc2)c1F. The van der Waals surface area contributed by atoms with Gasteiger partial charge in [0, 0.05) is 30.5 Å². The van der Waals surface area contributed by atoms with Gasteiger partial charge in [-0.15, -0.1) is 0 Å². The molecule has 0 saturated carbocycles. The number of ether oxygens (including phenoxy) is 1. The van der Waals surface area contributed by atoms with E-state index >= 15 is 4.39 Å². The van der Waals surface area contributed by atoms with Crippen LogP contribution in [0.15, 0.2) is 42.5 Å². The van der Waals surface area contributed by atoms with Crippen molar-refractivity contribution in [3.05, 3.63) is 58.9 Å². The first-order chi connectivity index (χ1) is 14.0. The minimum absolute atomic E-state index is 0.0198. The van der Waals surface area contributed by atoms with Gasteiger partial charge in [-0.2, -0.15) is 0 Å². The van der Waals surface area contributed by atoms with Gasteiger partial charge in [0.05, 0.1) is 5.02 Å². The van der Waals surface area contributed by atoms with Gasteiger partial charge in [0.15, 0.2) is 11.6 Å². The molecule has 2 aromatic carbocycles. The lowest BCUT2D eigenvalue weighted by atomic mass is 10.0. The van der Waals surface area contributed by atoms with Crippen molar-refractivity contribution < 1.29 is 13.9 Å². The maximum absolute atomic E-state index is 15.3. The van der Waals surface area contributed by atoms with Crippen LogP contribution in [0.1, 0.15) is 51.1 Å². The molecule has 2 rings (SSSR count). The van der Waals surface area contributed by atoms with E-state index in [-0.39, 0.29) is 28.6 Å². The normalized spacial score (nSPS) is 13.1. The summed E-state index contributed by atoms with van der Waals surface area (Å²) in [5, 5.41) is 6.64. The summed E-state index contributed by atoms with van der Waals surface area (Å²) in [5.41, 5.74) is 0.484. The topological polar surface area (TPSA) is 50.4 Å². The molecule has 0 bridgehead atoms. The van der Waals surface area contributed by atoms with Gasteiger partial charge < -0.3 is 15.4 Å². The van der Waals surface area contributed by atoms with Crippen molar-refractivity contribution >= 4 is 17.4 Å². The number of rotatable bonds is 12. The zero-order valence-corrected chi connectivity index (χ0v) is 18.1. The largest absolute Gasteiger partial charge is 0.453 e. The van der Waals surface area contributed by atoms with Gasteiger partial charge >= 0.3 is 0 Å². The van der Waals surface area contributed by atoms with Crippen LogP contribution in [0.2, 0.25) is 5.02 Å². The Bertz CT molecular complexity index is 786. The van der Waals surface area contributed by atoms with Crippen LogP contribution in [0.25, 0.3) is 0 Å². The second kappa shape index (κ2) is 11.9. The number of carbonyl (C=O) groups excluding carboxylic acids is 1. The van der Waals surface area contributed by atoms with E-state index in [1.54, 1.807) is 24.3 Å². The summed E-state index contributed by atoms with van der Waals surface area (Å²) in [7, 11) is 1.87. The van der Waals surface area contributed by atoms with Crippen molar-refractivity contribution in [1.82, 2.24) is 10.6 Å². The Labute approximate surface area is 177 Å². The fourth-order valence-electron chi connectivity index (χ4n) is 3.25. The second-order valence-electron chi connectivity index (χ2n) is 7.17. The molecule has 0 spiro atoms. The van der Waals surface area contributed by atoms with Crippen LogP contribution >= 0.6 is 11.6 Å². The van der Waals surface area contributed by atoms with Crippen molar-refractivity contribution in [2.24, 2.45) is 0 Å². The molecule has 0 fully saturated rings. The highest BCUT2D eigenvalue weighted by atomic mass is 35.5. The Morgan fingerprint density at radius 1 is 1.21 bits per heavy atom. The number of halogens is 2. The monoisotopic (exact) mass is 420 g/mol. The molecule has 0 aliphatic rings. The number of Topliss-reactive ketones (excluding diaryl/α,β-unsaturated/α-hetero) is 1. The van der Waals surface area contributed by atoms with E-state index in [0.29, 0.717) is 30.6 Å². The maximum Gasteiger partial charge on any atom is 0.181 e. The number of hydrogen-bond acceptors (Lipinski definition) is 4. The summed E-state index contributed by atoms with van der Waals surface area (Å²) in [4.78, 5) is 12.1. The fourth-order valence-corrected chi connectivity index (χ4v) is 3.44. The molecule has 29 heavy (non-hydrogen) atoms. The second-order valence-corrected chi connectivity index (χ2v) is 7.58. The smallest absolute Gasteiger partial charge is 0.181 e. The average Bonchev–Trinajstić information content (AvgIpc) is 2.70. The van der Waals surface area contributed by atoms with Gasteiger partial charge in [0.25, 0.3) is 0 Å². The third-order valence-electron chi connectivity index (χ3n) is 4.73. The fraction of sp³-hybridized carbons (Fsp3) is 0.435. The van der Waals surface area contributed by atoms with Gasteiger partial charge in [-0.05, 0) is 51.6 Å². The predicted molar refractivity (Wildman–Crippen MR) is 116 cm³/mol. The van der Waals surface area contributed by atoms with Crippen LogP contribution in [-0.2, 0) is 4.79 Å². The molecule has 0 unspecified atom stereocenters. The standard InChI is InChI=1S/C23H30ClFN2O2/c1-4-21(27-16(2)15-17(28)9-8-14-26-3)19-12-13-20(24)23(22(19)25)29-18-10-6-5-7-11-18/h5-7,10-13,16,21,26-27H,4,8-9,14-15H2,1-3H3/t16-,21+/m0/s1. The predicted octanol–water partition coefficient (Wildman–Crippen LogP) is 5.66. The lowest BCUT2D eigenvalue weighted by molar-refractivity contribution is -0.119. The van der Waals surface area contributed by atoms with Crippen molar-refractivity contribution in [1.29, 1.82) is 0 Å². The van der Waals surface area contributed by atoms with E-state index in [4.69, 9.17) is 16.3 Å². The van der Waals surface area contributed by atoms with Crippen molar-refractivity contribution in [2.45, 2.75) is 51.6 Å². The molecule has 0 aromatic heterocycles. The van der Waals surface area contributed by atoms with Crippen molar-refractivity contribution in [3.8, 4) is 11.5 Å². The lowest BCUT2D eigenvalue weighted by Crippen LogP contribution is -2.32. The average molecular weight is 421 g/mol. The first-order valence-electron chi connectivity index (χ1n) is 10.1. The van der Waals surface area contributed by atoms with E-state index in [1.165, 1.54) is 0 Å². The van der Waals surface area contributed by atoms with E-state index < -0.39 is 5.82 Å². The third kappa shape index (κ3) is 7.11. The Hall–Kier alpha value is -1.95. The molecule has 2 aromatic rings. The Kier molecular flexibility index (Phi) is 9.58. The number of hydrogen-bond donors (Lipinski definition) is 2. The first kappa shape index (κ1) is 23.3. The summed E-state index contributed by atoms with van der Waals surface area (Å²) in [6.07, 6.45) is 2.46. The van der Waals surface area contributed by atoms with Crippen LogP contribution in [-0.4, -0.2) is 25.4 Å². The molecule has 2 N–H and O–H groups in total. The maximum atomic E-state index is 15.3. The summed E-state index contributed by atoms with van der Waals surface area (Å²) in [5.74, 6) is 0.270. The molecule has 0 amide bonds. The molecule has 0 aliphatic carbocycles. The van der Waals surface area contributed by atoms with Crippen LogP contribution < -0.4 is 15.4 Å². The van der Waals surface area contributed by atoms with Gasteiger partial charge in [-0.25, -0.2) is 4.39 Å². The third-order valence-corrected chi connectivity index (χ3v) is 5.03. The number of nitrogens with one attached hydrogen (secondary N) is 2. The van der Waals surface area contributed by atoms with E-state index in [1.807, 2.05) is 39.1 Å². The van der Waals surface area contributed by atoms with Gasteiger partial charge in [-0.1, -0.05) is 42.8 Å². The molecule has 158 valence electrons. The quantitative estimate of drug-likeness (QED) is 0.435. The number of ketones is 1. The molecular formula is C23H30ClFN2O2. The minimum atomic E-state index is -0.478. The Morgan fingerprint density at radius 2 is 1.93 bits per heavy atom. The lowest BCUT2D eigenvalue weighted by Gasteiger charge is -2.24. The highest BCUT2D eigenvalue weighted by Gasteiger charge is 2.22. The highest BCUT2D eigenvalue weighted by Crippen LogP contribution is 2.36. The zero-order chi connectivity index (χ0) is 21.2. The van der Waals surface area contributed by atoms with E-state index in [2.05, 4.69) is 10.6 Å². The first-order valence-corrected chi connectivity index (χ1v) is 10.5. The molecule has 4 nitrogen and oxygen atoms in total. The number of carbonyl (C=O) groups is 1. The van der Waals surface area contributed by atoms with Crippen LogP contribution in [0.3, 0.4) is 0 Å².